The Hall–Kier alpha value is -3.38. The van der Waals surface area contributed by atoms with Crippen molar-refractivity contribution in [2.45, 2.75) is 51.1 Å². The van der Waals surface area contributed by atoms with Gasteiger partial charge >= 0.3 is 5.97 Å². The number of imide groups is 2. The molecule has 0 aliphatic carbocycles. The standard InChI is InChI=1S/C27H33N3O9/c1-4-5-15-21-20(14(2)38-15)24(33)29(25(21)34)12-10-28(18(31)8-9-19(32)37-3)11-13-30-26(35)22-16-6-7-17(39-16)23(22)27(30)36/h4-7,14-17,20-23H,8-13H2,1-3H3/b5-4-. The highest BCUT2D eigenvalue weighted by Crippen LogP contribution is 2.45. The summed E-state index contributed by atoms with van der Waals surface area (Å²) in [4.78, 5) is 80.8. The summed E-state index contributed by atoms with van der Waals surface area (Å²) in [7, 11) is 1.23. The van der Waals surface area contributed by atoms with E-state index < -0.39 is 60.0 Å². The predicted octanol–water partition coefficient (Wildman–Crippen LogP) is -0.329. The number of fused-ring (bicyclic) bond motifs is 6. The minimum Gasteiger partial charge on any atom is -0.469 e. The zero-order valence-electron chi connectivity index (χ0n) is 22.2. The van der Waals surface area contributed by atoms with E-state index in [0.717, 1.165) is 0 Å². The molecule has 5 heterocycles. The van der Waals surface area contributed by atoms with Gasteiger partial charge in [-0.2, -0.15) is 0 Å². The molecule has 5 aliphatic heterocycles. The van der Waals surface area contributed by atoms with Gasteiger partial charge in [-0.1, -0.05) is 24.3 Å². The number of carbonyl (C=O) groups is 6. The van der Waals surface area contributed by atoms with E-state index in [1.807, 2.05) is 6.92 Å². The van der Waals surface area contributed by atoms with Gasteiger partial charge in [-0.15, -0.1) is 0 Å². The van der Waals surface area contributed by atoms with Crippen LogP contribution in [0.15, 0.2) is 24.3 Å². The Kier molecular flexibility index (Phi) is 7.43. The third kappa shape index (κ3) is 4.59. The molecule has 0 saturated carbocycles. The van der Waals surface area contributed by atoms with Gasteiger partial charge in [0.15, 0.2) is 0 Å². The van der Waals surface area contributed by atoms with Crippen molar-refractivity contribution in [2.75, 3.05) is 33.3 Å². The molecule has 0 aromatic heterocycles. The number of likely N-dealkylation sites (tertiary alicyclic amines) is 2. The van der Waals surface area contributed by atoms with Crippen LogP contribution in [-0.4, -0.2) is 108 Å². The van der Waals surface area contributed by atoms with Gasteiger partial charge in [0, 0.05) is 32.6 Å². The lowest BCUT2D eigenvalue weighted by Gasteiger charge is -2.28. The van der Waals surface area contributed by atoms with Crippen molar-refractivity contribution in [1.29, 1.82) is 0 Å². The molecule has 39 heavy (non-hydrogen) atoms. The number of amides is 5. The molecule has 8 unspecified atom stereocenters. The first-order valence-electron chi connectivity index (χ1n) is 13.3. The summed E-state index contributed by atoms with van der Waals surface area (Å²) < 4.78 is 16.1. The van der Waals surface area contributed by atoms with Gasteiger partial charge in [0.1, 0.15) is 0 Å². The van der Waals surface area contributed by atoms with Crippen LogP contribution in [0, 0.1) is 23.7 Å². The SMILES string of the molecule is C/C=C\C1OC(C)C2C(=O)N(CCN(CCN3C(=O)C4C5C=CC(O5)C4C3=O)C(=O)CCC(=O)OC)C(=O)C12. The third-order valence-corrected chi connectivity index (χ3v) is 8.42. The van der Waals surface area contributed by atoms with E-state index in [1.54, 1.807) is 31.2 Å². The molecule has 210 valence electrons. The number of esters is 1. The number of hydrogen-bond acceptors (Lipinski definition) is 9. The Labute approximate surface area is 225 Å². The van der Waals surface area contributed by atoms with Crippen molar-refractivity contribution in [3.05, 3.63) is 24.3 Å². The van der Waals surface area contributed by atoms with Gasteiger partial charge in [0.05, 0.1) is 61.6 Å². The molecule has 0 N–H and O–H groups in total. The van der Waals surface area contributed by atoms with E-state index in [0.29, 0.717) is 0 Å². The highest BCUT2D eigenvalue weighted by molar-refractivity contribution is 6.07. The lowest BCUT2D eigenvalue weighted by atomic mass is 9.85. The van der Waals surface area contributed by atoms with E-state index in [4.69, 9.17) is 9.47 Å². The minimum atomic E-state index is -0.613. The molecule has 5 rings (SSSR count). The maximum Gasteiger partial charge on any atom is 0.306 e. The van der Waals surface area contributed by atoms with Crippen LogP contribution in [0.5, 0.6) is 0 Å². The zero-order valence-corrected chi connectivity index (χ0v) is 22.2. The molecular formula is C27H33N3O9. The monoisotopic (exact) mass is 543 g/mol. The molecule has 0 spiro atoms. The van der Waals surface area contributed by atoms with Gasteiger partial charge in [-0.05, 0) is 13.8 Å². The van der Waals surface area contributed by atoms with Crippen LogP contribution < -0.4 is 0 Å². The summed E-state index contributed by atoms with van der Waals surface area (Å²) in [5.74, 6) is -4.61. The Balaban J connectivity index is 1.26. The lowest BCUT2D eigenvalue weighted by Crippen LogP contribution is -2.46. The van der Waals surface area contributed by atoms with Crippen LogP contribution in [-0.2, 0) is 43.0 Å². The van der Waals surface area contributed by atoms with Crippen LogP contribution >= 0.6 is 0 Å². The molecule has 5 aliphatic rings. The molecule has 5 amide bonds. The number of ether oxygens (including phenoxy) is 3. The smallest absolute Gasteiger partial charge is 0.306 e. The normalized spacial score (nSPS) is 34.5. The molecule has 0 radical (unpaired) electrons. The van der Waals surface area contributed by atoms with Crippen LogP contribution in [0.25, 0.3) is 0 Å². The fourth-order valence-electron chi connectivity index (χ4n) is 6.46. The molecular weight excluding hydrogens is 510 g/mol. The molecule has 12 heteroatoms. The first-order valence-corrected chi connectivity index (χ1v) is 13.3. The summed E-state index contributed by atoms with van der Waals surface area (Å²) in [6.07, 6.45) is 5.12. The molecule has 8 atom stereocenters. The number of allylic oxidation sites excluding steroid dienone is 1. The number of hydrogen-bond donors (Lipinski definition) is 0. The minimum absolute atomic E-state index is 0.000553. The first kappa shape index (κ1) is 27.2. The van der Waals surface area contributed by atoms with E-state index >= 15 is 0 Å². The van der Waals surface area contributed by atoms with Gasteiger partial charge in [-0.25, -0.2) is 0 Å². The topological polar surface area (TPSA) is 140 Å². The Morgan fingerprint density at radius 2 is 1.41 bits per heavy atom. The van der Waals surface area contributed by atoms with Gasteiger partial charge in [-0.3, -0.25) is 38.6 Å². The van der Waals surface area contributed by atoms with E-state index in [1.165, 1.54) is 21.8 Å². The second-order valence-electron chi connectivity index (χ2n) is 10.5. The van der Waals surface area contributed by atoms with Crippen LogP contribution in [0.3, 0.4) is 0 Å². The van der Waals surface area contributed by atoms with E-state index in [9.17, 15) is 28.8 Å². The van der Waals surface area contributed by atoms with Crippen molar-refractivity contribution in [3.8, 4) is 0 Å². The summed E-state index contributed by atoms with van der Waals surface area (Å²) in [6, 6.07) is 0. The van der Waals surface area contributed by atoms with Crippen molar-refractivity contribution in [1.82, 2.24) is 14.7 Å². The summed E-state index contributed by atoms with van der Waals surface area (Å²) >= 11 is 0. The third-order valence-electron chi connectivity index (χ3n) is 8.42. The number of methoxy groups -OCH3 is 1. The summed E-state index contributed by atoms with van der Waals surface area (Å²) in [5, 5.41) is 0. The van der Waals surface area contributed by atoms with Crippen molar-refractivity contribution in [3.63, 3.8) is 0 Å². The molecule has 0 aromatic carbocycles. The molecule has 4 fully saturated rings. The van der Waals surface area contributed by atoms with Gasteiger partial charge < -0.3 is 19.1 Å². The number of carbonyl (C=O) groups excluding carboxylic acids is 6. The van der Waals surface area contributed by atoms with E-state index in [2.05, 4.69) is 4.74 Å². The molecule has 4 saturated heterocycles. The van der Waals surface area contributed by atoms with Crippen molar-refractivity contribution < 1.29 is 43.0 Å². The van der Waals surface area contributed by atoms with E-state index in [-0.39, 0.29) is 62.6 Å². The molecule has 0 aromatic rings. The second kappa shape index (κ2) is 10.6. The van der Waals surface area contributed by atoms with Gasteiger partial charge in [0.25, 0.3) is 0 Å². The quantitative estimate of drug-likeness (QED) is 0.206. The van der Waals surface area contributed by atoms with Gasteiger partial charge in [0.2, 0.25) is 29.5 Å². The fourth-order valence-corrected chi connectivity index (χ4v) is 6.46. The van der Waals surface area contributed by atoms with Crippen molar-refractivity contribution in [2.24, 2.45) is 23.7 Å². The number of rotatable bonds is 10. The van der Waals surface area contributed by atoms with Crippen LogP contribution in [0.2, 0.25) is 0 Å². The molecule has 12 nitrogen and oxygen atoms in total. The highest BCUT2D eigenvalue weighted by atomic mass is 16.5. The average molecular weight is 544 g/mol. The Bertz CT molecular complexity index is 1120. The largest absolute Gasteiger partial charge is 0.469 e. The second-order valence-corrected chi connectivity index (χ2v) is 10.5. The van der Waals surface area contributed by atoms with Crippen LogP contribution in [0.4, 0.5) is 0 Å². The Morgan fingerprint density at radius 3 is 1.95 bits per heavy atom. The van der Waals surface area contributed by atoms with Crippen LogP contribution in [0.1, 0.15) is 26.7 Å². The first-order chi connectivity index (χ1) is 18.7. The lowest BCUT2D eigenvalue weighted by molar-refractivity contribution is -0.145. The molecule has 2 bridgehead atoms. The highest BCUT2D eigenvalue weighted by Gasteiger charge is 2.61. The maximum atomic E-state index is 13.2. The Morgan fingerprint density at radius 1 is 0.872 bits per heavy atom. The van der Waals surface area contributed by atoms with Crippen molar-refractivity contribution >= 4 is 35.5 Å². The number of nitrogens with zero attached hydrogens (tertiary/aromatic N) is 3. The average Bonchev–Trinajstić information content (AvgIpc) is 3.70. The summed E-state index contributed by atoms with van der Waals surface area (Å²) in [6.45, 7) is 3.51. The zero-order chi connectivity index (χ0) is 28.0. The maximum absolute atomic E-state index is 13.2. The summed E-state index contributed by atoms with van der Waals surface area (Å²) in [5.41, 5.74) is 0. The fraction of sp³-hybridized carbons (Fsp3) is 0.630. The predicted molar refractivity (Wildman–Crippen MR) is 132 cm³/mol.